The minimum atomic E-state index is 0.232. The highest BCUT2D eigenvalue weighted by Gasteiger charge is 2.11. The van der Waals surface area contributed by atoms with Gasteiger partial charge in [-0.1, -0.05) is 19.1 Å². The fourth-order valence-electron chi connectivity index (χ4n) is 1.92. The topological polar surface area (TPSA) is 41.5 Å². The van der Waals surface area contributed by atoms with Crippen LogP contribution in [0.15, 0.2) is 24.3 Å². The number of aliphatic hydroxyl groups excluding tert-OH is 1. The highest BCUT2D eigenvalue weighted by molar-refractivity contribution is 5.30. The van der Waals surface area contributed by atoms with Crippen molar-refractivity contribution in [2.24, 2.45) is 0 Å². The van der Waals surface area contributed by atoms with Crippen molar-refractivity contribution in [1.82, 2.24) is 5.32 Å². The van der Waals surface area contributed by atoms with Crippen molar-refractivity contribution in [2.45, 2.75) is 38.8 Å². The summed E-state index contributed by atoms with van der Waals surface area (Å²) in [6.45, 7) is 4.50. The molecule has 0 aromatic heterocycles. The van der Waals surface area contributed by atoms with Gasteiger partial charge in [-0.3, -0.25) is 0 Å². The van der Waals surface area contributed by atoms with Gasteiger partial charge in [0.2, 0.25) is 0 Å². The molecule has 2 unspecified atom stereocenters. The molecule has 0 saturated carbocycles. The largest absolute Gasteiger partial charge is 0.497 e. The minimum Gasteiger partial charge on any atom is -0.497 e. The third-order valence-corrected chi connectivity index (χ3v) is 3.05. The average molecular weight is 237 g/mol. The number of rotatable bonds is 7. The Balaban J connectivity index is 2.64. The molecule has 0 heterocycles. The average Bonchev–Trinajstić information content (AvgIpc) is 2.38. The molecule has 2 N–H and O–H groups in total. The first-order valence-corrected chi connectivity index (χ1v) is 6.22. The second-order valence-corrected chi connectivity index (χ2v) is 4.28. The number of aliphatic hydroxyl groups is 1. The van der Waals surface area contributed by atoms with Gasteiger partial charge in [0, 0.05) is 18.7 Å². The second kappa shape index (κ2) is 7.30. The molecule has 3 heteroatoms. The molecule has 2 atom stereocenters. The van der Waals surface area contributed by atoms with Crippen molar-refractivity contribution >= 4 is 0 Å². The summed E-state index contributed by atoms with van der Waals surface area (Å²) >= 11 is 0. The van der Waals surface area contributed by atoms with E-state index in [1.165, 1.54) is 5.56 Å². The molecule has 0 radical (unpaired) electrons. The maximum Gasteiger partial charge on any atom is 0.119 e. The van der Waals surface area contributed by atoms with Crippen LogP contribution >= 0.6 is 0 Å². The third kappa shape index (κ3) is 4.36. The number of hydrogen-bond acceptors (Lipinski definition) is 3. The zero-order valence-corrected chi connectivity index (χ0v) is 10.9. The zero-order valence-electron chi connectivity index (χ0n) is 10.9. The number of benzene rings is 1. The van der Waals surface area contributed by atoms with Gasteiger partial charge in [-0.15, -0.1) is 0 Å². The normalized spacial score (nSPS) is 14.4. The first-order chi connectivity index (χ1) is 8.21. The summed E-state index contributed by atoms with van der Waals surface area (Å²) in [5.41, 5.74) is 1.21. The summed E-state index contributed by atoms with van der Waals surface area (Å²) in [5, 5.41) is 12.5. The number of methoxy groups -OCH3 is 1. The molecule has 0 spiro atoms. The maximum absolute atomic E-state index is 8.97. The van der Waals surface area contributed by atoms with E-state index in [9.17, 15) is 0 Å². The van der Waals surface area contributed by atoms with Gasteiger partial charge in [-0.2, -0.15) is 0 Å². The Labute approximate surface area is 104 Å². The Morgan fingerprint density at radius 2 is 2.18 bits per heavy atom. The summed E-state index contributed by atoms with van der Waals surface area (Å²) in [6, 6.07) is 8.71. The molecule has 0 bridgehead atoms. The van der Waals surface area contributed by atoms with E-state index >= 15 is 0 Å². The van der Waals surface area contributed by atoms with Gasteiger partial charge in [0.25, 0.3) is 0 Å². The number of hydrogen-bond donors (Lipinski definition) is 2. The molecule has 0 saturated heterocycles. The van der Waals surface area contributed by atoms with Gasteiger partial charge in [0.15, 0.2) is 0 Å². The van der Waals surface area contributed by atoms with Crippen LogP contribution in [0.2, 0.25) is 0 Å². The Morgan fingerprint density at radius 3 is 2.76 bits per heavy atom. The molecule has 96 valence electrons. The molecular weight excluding hydrogens is 214 g/mol. The van der Waals surface area contributed by atoms with E-state index in [0.717, 1.165) is 18.6 Å². The highest BCUT2D eigenvalue weighted by atomic mass is 16.5. The van der Waals surface area contributed by atoms with Crippen LogP contribution in [0.5, 0.6) is 5.75 Å². The van der Waals surface area contributed by atoms with E-state index in [1.54, 1.807) is 7.11 Å². The van der Waals surface area contributed by atoms with Crippen LogP contribution in [0.4, 0.5) is 0 Å². The Bertz CT molecular complexity index is 328. The number of ether oxygens (including phenoxy) is 1. The summed E-state index contributed by atoms with van der Waals surface area (Å²) in [7, 11) is 1.68. The lowest BCUT2D eigenvalue weighted by Gasteiger charge is -2.22. The molecule has 1 rings (SSSR count). The van der Waals surface area contributed by atoms with Crippen molar-refractivity contribution in [3.05, 3.63) is 29.8 Å². The molecule has 0 fully saturated rings. The summed E-state index contributed by atoms with van der Waals surface area (Å²) in [6.07, 6.45) is 1.82. The van der Waals surface area contributed by atoms with Crippen LogP contribution < -0.4 is 10.1 Å². The van der Waals surface area contributed by atoms with Gasteiger partial charge in [-0.25, -0.2) is 0 Å². The Hall–Kier alpha value is -1.06. The van der Waals surface area contributed by atoms with Crippen LogP contribution in [0, 0.1) is 0 Å². The van der Waals surface area contributed by atoms with E-state index in [0.29, 0.717) is 6.04 Å². The summed E-state index contributed by atoms with van der Waals surface area (Å²) in [5.74, 6) is 0.881. The number of nitrogens with one attached hydrogen (secondary N) is 1. The first-order valence-electron chi connectivity index (χ1n) is 6.22. The van der Waals surface area contributed by atoms with E-state index in [2.05, 4.69) is 25.2 Å². The van der Waals surface area contributed by atoms with Gasteiger partial charge >= 0.3 is 0 Å². The van der Waals surface area contributed by atoms with E-state index in [-0.39, 0.29) is 12.6 Å². The first kappa shape index (κ1) is 14.0. The van der Waals surface area contributed by atoms with Crippen molar-refractivity contribution in [3.63, 3.8) is 0 Å². The van der Waals surface area contributed by atoms with Crippen molar-refractivity contribution in [3.8, 4) is 5.75 Å². The van der Waals surface area contributed by atoms with Gasteiger partial charge < -0.3 is 15.2 Å². The zero-order chi connectivity index (χ0) is 12.7. The smallest absolute Gasteiger partial charge is 0.119 e. The van der Waals surface area contributed by atoms with Crippen LogP contribution in [-0.2, 0) is 0 Å². The molecular formula is C14H23NO2. The van der Waals surface area contributed by atoms with E-state index in [4.69, 9.17) is 9.84 Å². The van der Waals surface area contributed by atoms with Gasteiger partial charge in [-0.05, 0) is 37.5 Å². The SMILES string of the molecule is CCC(CCO)NC(C)c1cccc(OC)c1. The van der Waals surface area contributed by atoms with Crippen LogP contribution in [0.25, 0.3) is 0 Å². The lowest BCUT2D eigenvalue weighted by atomic mass is 10.1. The lowest BCUT2D eigenvalue weighted by molar-refractivity contribution is 0.257. The molecule has 1 aromatic rings. The monoisotopic (exact) mass is 237 g/mol. The lowest BCUT2D eigenvalue weighted by Crippen LogP contribution is -2.31. The van der Waals surface area contributed by atoms with E-state index in [1.807, 2.05) is 18.2 Å². The third-order valence-electron chi connectivity index (χ3n) is 3.05. The molecule has 17 heavy (non-hydrogen) atoms. The molecule has 3 nitrogen and oxygen atoms in total. The van der Waals surface area contributed by atoms with Crippen molar-refractivity contribution < 1.29 is 9.84 Å². The van der Waals surface area contributed by atoms with Crippen molar-refractivity contribution in [2.75, 3.05) is 13.7 Å². The molecule has 0 aliphatic carbocycles. The summed E-state index contributed by atoms with van der Waals surface area (Å²) in [4.78, 5) is 0. The molecule has 0 amide bonds. The molecule has 0 aliphatic rings. The Morgan fingerprint density at radius 1 is 1.41 bits per heavy atom. The fourth-order valence-corrected chi connectivity index (χ4v) is 1.92. The predicted octanol–water partition coefficient (Wildman–Crippen LogP) is 2.51. The standard InChI is InChI=1S/C14H23NO2/c1-4-13(8-9-16)15-11(2)12-6-5-7-14(10-12)17-3/h5-7,10-11,13,15-16H,4,8-9H2,1-3H3. The quantitative estimate of drug-likeness (QED) is 0.765. The van der Waals surface area contributed by atoms with Gasteiger partial charge in [0.05, 0.1) is 7.11 Å². The molecule has 0 aliphatic heterocycles. The predicted molar refractivity (Wildman–Crippen MR) is 70.3 cm³/mol. The summed E-state index contributed by atoms with van der Waals surface area (Å²) < 4.78 is 5.22. The highest BCUT2D eigenvalue weighted by Crippen LogP contribution is 2.19. The fraction of sp³-hybridized carbons (Fsp3) is 0.571. The van der Waals surface area contributed by atoms with Crippen LogP contribution in [-0.4, -0.2) is 24.9 Å². The molecule has 1 aromatic carbocycles. The van der Waals surface area contributed by atoms with E-state index < -0.39 is 0 Å². The van der Waals surface area contributed by atoms with Crippen LogP contribution in [0.3, 0.4) is 0 Å². The minimum absolute atomic E-state index is 0.232. The van der Waals surface area contributed by atoms with Gasteiger partial charge in [0.1, 0.15) is 5.75 Å². The maximum atomic E-state index is 8.97. The Kier molecular flexibility index (Phi) is 6.01. The van der Waals surface area contributed by atoms with Crippen molar-refractivity contribution in [1.29, 1.82) is 0 Å². The second-order valence-electron chi connectivity index (χ2n) is 4.28. The van der Waals surface area contributed by atoms with Crippen LogP contribution in [0.1, 0.15) is 38.3 Å².